The predicted molar refractivity (Wildman–Crippen MR) is 54.3 cm³/mol. The Kier molecular flexibility index (Phi) is 3.07. The van der Waals surface area contributed by atoms with Gasteiger partial charge in [-0.15, -0.1) is 0 Å². The molecule has 0 bridgehead atoms. The third-order valence-corrected chi connectivity index (χ3v) is 1.95. The van der Waals surface area contributed by atoms with Crippen molar-refractivity contribution in [2.24, 2.45) is 5.41 Å². The molecule has 0 radical (unpaired) electrons. The zero-order valence-electron chi connectivity index (χ0n) is 8.08. The van der Waals surface area contributed by atoms with Gasteiger partial charge in [-0.1, -0.05) is 44.2 Å². The fourth-order valence-corrected chi connectivity index (χ4v) is 1.33. The van der Waals surface area contributed by atoms with E-state index in [1.807, 2.05) is 37.2 Å². The molecule has 1 aromatic carbocycles. The summed E-state index contributed by atoms with van der Waals surface area (Å²) in [6.45, 7) is 4.07. The van der Waals surface area contributed by atoms with Gasteiger partial charge in [-0.2, -0.15) is 0 Å². The van der Waals surface area contributed by atoms with Crippen LogP contribution in [0.2, 0.25) is 0 Å². The van der Waals surface area contributed by atoms with Crippen molar-refractivity contribution < 1.29 is 5.16 Å². The van der Waals surface area contributed by atoms with E-state index in [1.165, 1.54) is 5.56 Å². The number of nitrogens with one attached hydrogen (secondary N) is 1. The van der Waals surface area contributed by atoms with Gasteiger partial charge in [0.15, 0.2) is 6.21 Å². The van der Waals surface area contributed by atoms with Gasteiger partial charge >= 0.3 is 0 Å². The van der Waals surface area contributed by atoms with Crippen LogP contribution >= 0.6 is 0 Å². The fraction of sp³-hybridized carbons (Fsp3) is 0.364. The number of rotatable bonds is 3. The van der Waals surface area contributed by atoms with Gasteiger partial charge in [-0.25, -0.2) is 5.16 Å². The maximum atomic E-state index is 10.2. The summed E-state index contributed by atoms with van der Waals surface area (Å²) in [6.07, 6.45) is 2.46. The third-order valence-electron chi connectivity index (χ3n) is 1.95. The smallest absolute Gasteiger partial charge is 0.154 e. The van der Waals surface area contributed by atoms with E-state index < -0.39 is 0 Å². The second-order valence-electron chi connectivity index (χ2n) is 3.91. The first-order chi connectivity index (χ1) is 6.14. The van der Waals surface area contributed by atoms with Gasteiger partial charge in [-0.3, -0.25) is 0 Å². The molecule has 0 aliphatic heterocycles. The van der Waals surface area contributed by atoms with E-state index in [0.29, 0.717) is 0 Å². The van der Waals surface area contributed by atoms with Crippen LogP contribution in [-0.2, 0) is 6.42 Å². The van der Waals surface area contributed by atoms with Gasteiger partial charge in [-0.05, 0) is 12.0 Å². The molecule has 0 atom stereocenters. The largest absolute Gasteiger partial charge is 0.626 e. The van der Waals surface area contributed by atoms with E-state index in [0.717, 1.165) is 6.42 Å². The Morgan fingerprint density at radius 2 is 1.92 bits per heavy atom. The lowest BCUT2D eigenvalue weighted by Gasteiger charge is -2.15. The highest BCUT2D eigenvalue weighted by molar-refractivity contribution is 5.59. The molecule has 0 aliphatic rings. The van der Waals surface area contributed by atoms with Crippen LogP contribution in [0, 0.1) is 10.6 Å². The van der Waals surface area contributed by atoms with Crippen LogP contribution in [0.15, 0.2) is 30.3 Å². The van der Waals surface area contributed by atoms with Crippen molar-refractivity contribution in [3.63, 3.8) is 0 Å². The summed E-state index contributed by atoms with van der Waals surface area (Å²) in [6, 6.07) is 10.2. The number of hydrogen-bond acceptors (Lipinski definition) is 1. The summed E-state index contributed by atoms with van der Waals surface area (Å²) in [5.41, 5.74) is 1.15. The van der Waals surface area contributed by atoms with Crippen molar-refractivity contribution in [3.8, 4) is 0 Å². The molecule has 1 rings (SSSR count). The normalized spacial score (nSPS) is 12.2. The Bertz CT molecular complexity index is 277. The van der Waals surface area contributed by atoms with Crippen molar-refractivity contribution in [1.82, 2.24) is 0 Å². The molecule has 1 aromatic rings. The molecule has 13 heavy (non-hydrogen) atoms. The molecular formula is C11H15NO. The Morgan fingerprint density at radius 1 is 1.31 bits per heavy atom. The van der Waals surface area contributed by atoms with E-state index in [9.17, 15) is 5.21 Å². The van der Waals surface area contributed by atoms with Crippen LogP contribution in [0.4, 0.5) is 0 Å². The number of benzene rings is 1. The molecule has 70 valence electrons. The van der Waals surface area contributed by atoms with Crippen LogP contribution < -0.4 is 5.16 Å². The first kappa shape index (κ1) is 9.78. The molecule has 0 saturated carbocycles. The first-order valence-electron chi connectivity index (χ1n) is 4.40. The van der Waals surface area contributed by atoms with Gasteiger partial charge in [0.25, 0.3) is 0 Å². The molecule has 1 N–H and O–H groups in total. The van der Waals surface area contributed by atoms with Crippen molar-refractivity contribution in [2.45, 2.75) is 20.3 Å². The topological polar surface area (TPSA) is 37.0 Å². The van der Waals surface area contributed by atoms with E-state index in [2.05, 4.69) is 12.1 Å². The first-order valence-corrected chi connectivity index (χ1v) is 4.40. The Balaban J connectivity index is 2.69. The molecule has 0 heterocycles. The van der Waals surface area contributed by atoms with Gasteiger partial charge < -0.3 is 5.21 Å². The molecule has 0 amide bonds. The van der Waals surface area contributed by atoms with Gasteiger partial charge in [0.05, 0.1) is 0 Å². The highest BCUT2D eigenvalue weighted by Crippen LogP contribution is 2.17. The lowest BCUT2D eigenvalue weighted by Crippen LogP contribution is -2.63. The lowest BCUT2D eigenvalue weighted by atomic mass is 9.87. The average molecular weight is 177 g/mol. The molecule has 0 saturated heterocycles. The minimum absolute atomic E-state index is 0.0941. The molecule has 2 heteroatoms. The maximum absolute atomic E-state index is 10.2. The maximum Gasteiger partial charge on any atom is 0.154 e. The van der Waals surface area contributed by atoms with Crippen molar-refractivity contribution >= 4 is 6.21 Å². The van der Waals surface area contributed by atoms with Crippen LogP contribution in [0.5, 0.6) is 0 Å². The van der Waals surface area contributed by atoms with E-state index in [-0.39, 0.29) is 5.41 Å². The molecule has 0 aliphatic carbocycles. The third kappa shape index (κ3) is 3.28. The molecule has 0 aromatic heterocycles. The summed E-state index contributed by atoms with van der Waals surface area (Å²) < 4.78 is 0. The average Bonchev–Trinajstić information content (AvgIpc) is 2.04. The summed E-state index contributed by atoms with van der Waals surface area (Å²) in [5, 5.41) is 12.1. The molecule has 0 fully saturated rings. The Morgan fingerprint density at radius 3 is 2.46 bits per heavy atom. The SMILES string of the molecule is CC(C)(C=[NH+][O-])Cc1ccccc1. The Labute approximate surface area is 78.9 Å². The summed E-state index contributed by atoms with van der Waals surface area (Å²) in [5.74, 6) is 0. The fourth-order valence-electron chi connectivity index (χ4n) is 1.33. The second kappa shape index (κ2) is 4.08. The minimum atomic E-state index is -0.0941. The standard InChI is InChI=1S/C11H15NO/c1-11(2,9-12-13)8-10-6-4-3-5-7-10/h3-7,9,12H,8H2,1-2H3. The van der Waals surface area contributed by atoms with Crippen molar-refractivity contribution in [1.29, 1.82) is 0 Å². The van der Waals surface area contributed by atoms with Crippen molar-refractivity contribution in [3.05, 3.63) is 41.1 Å². The summed E-state index contributed by atoms with van der Waals surface area (Å²) in [4.78, 5) is 0. The van der Waals surface area contributed by atoms with E-state index in [4.69, 9.17) is 0 Å². The van der Waals surface area contributed by atoms with Crippen molar-refractivity contribution in [2.75, 3.05) is 0 Å². The van der Waals surface area contributed by atoms with Gasteiger partial charge in [0.1, 0.15) is 0 Å². The van der Waals surface area contributed by atoms with Crippen LogP contribution in [0.25, 0.3) is 0 Å². The number of hydrogen-bond donors (Lipinski definition) is 1. The van der Waals surface area contributed by atoms with Gasteiger partial charge in [0.2, 0.25) is 0 Å². The van der Waals surface area contributed by atoms with E-state index >= 15 is 0 Å². The molecule has 2 nitrogen and oxygen atoms in total. The lowest BCUT2D eigenvalue weighted by molar-refractivity contribution is -0.372. The molecule has 0 unspecified atom stereocenters. The highest BCUT2D eigenvalue weighted by atomic mass is 16.4. The quantitative estimate of drug-likeness (QED) is 0.416. The summed E-state index contributed by atoms with van der Waals surface area (Å²) >= 11 is 0. The molecule has 0 spiro atoms. The summed E-state index contributed by atoms with van der Waals surface area (Å²) in [7, 11) is 0. The van der Waals surface area contributed by atoms with Crippen LogP contribution in [0.1, 0.15) is 19.4 Å². The van der Waals surface area contributed by atoms with Crippen LogP contribution in [-0.4, -0.2) is 6.21 Å². The van der Waals surface area contributed by atoms with E-state index in [1.54, 1.807) is 6.21 Å². The second-order valence-corrected chi connectivity index (χ2v) is 3.91. The monoisotopic (exact) mass is 177 g/mol. The highest BCUT2D eigenvalue weighted by Gasteiger charge is 2.18. The van der Waals surface area contributed by atoms with Crippen LogP contribution in [0.3, 0.4) is 0 Å². The molecular weight excluding hydrogens is 162 g/mol. The minimum Gasteiger partial charge on any atom is -0.626 e. The zero-order valence-corrected chi connectivity index (χ0v) is 8.08. The Hall–Kier alpha value is -1.31. The zero-order chi connectivity index (χ0) is 9.73. The predicted octanol–water partition coefficient (Wildman–Crippen LogP) is 0.904. The van der Waals surface area contributed by atoms with Gasteiger partial charge in [0, 0.05) is 5.41 Å².